The van der Waals surface area contributed by atoms with Gasteiger partial charge in [0.1, 0.15) is 17.6 Å². The summed E-state index contributed by atoms with van der Waals surface area (Å²) in [5.74, 6) is -2.40. The van der Waals surface area contributed by atoms with Crippen LogP contribution in [-0.2, 0) is 19.6 Å². The summed E-state index contributed by atoms with van der Waals surface area (Å²) in [5.41, 5.74) is 1.89. The Bertz CT molecular complexity index is 1370. The van der Waals surface area contributed by atoms with Crippen LogP contribution in [0.2, 0.25) is 0 Å². The number of hydrazone groups is 1. The van der Waals surface area contributed by atoms with E-state index < -0.39 is 50.8 Å². The Morgan fingerprint density at radius 2 is 1.94 bits per heavy atom. The van der Waals surface area contributed by atoms with Crippen molar-refractivity contribution in [1.82, 2.24) is 5.01 Å². The van der Waals surface area contributed by atoms with Crippen LogP contribution in [0.3, 0.4) is 0 Å². The maximum atomic E-state index is 14.1. The third-order valence-electron chi connectivity index (χ3n) is 5.24. The number of ether oxygens (including phenoxy) is 1. The van der Waals surface area contributed by atoms with Gasteiger partial charge in [-0.05, 0) is 42.8 Å². The minimum absolute atomic E-state index is 0.376. The molecule has 11 heteroatoms. The summed E-state index contributed by atoms with van der Waals surface area (Å²) in [6.07, 6.45) is 1.85. The van der Waals surface area contributed by atoms with Crippen molar-refractivity contribution in [2.24, 2.45) is 10.2 Å². The van der Waals surface area contributed by atoms with E-state index in [2.05, 4.69) is 5.10 Å². The highest BCUT2D eigenvalue weighted by molar-refractivity contribution is 7.89. The molecule has 1 aliphatic rings. The number of carbonyl (C=O) groups excluding carboxylic acids is 2. The lowest BCUT2D eigenvalue weighted by Gasteiger charge is -2.19. The first-order chi connectivity index (χ1) is 16.1. The molecule has 4 rings (SSSR count). The Hall–Kier alpha value is -3.83. The highest BCUT2D eigenvalue weighted by Gasteiger charge is 2.35. The monoisotopic (exact) mass is 485 g/mol. The second-order valence-electron chi connectivity index (χ2n) is 7.65. The van der Waals surface area contributed by atoms with Gasteiger partial charge in [-0.25, -0.2) is 27.8 Å². The molecule has 0 aliphatic carbocycles. The number of halogens is 1. The molecule has 1 aromatic heterocycles. The van der Waals surface area contributed by atoms with Crippen LogP contribution in [0.5, 0.6) is 0 Å². The average molecular weight is 485 g/mol. The number of sulfonamides is 1. The van der Waals surface area contributed by atoms with Gasteiger partial charge >= 0.3 is 5.97 Å². The number of primary sulfonamides is 1. The summed E-state index contributed by atoms with van der Waals surface area (Å²) in [7, 11) is -4.17. The van der Waals surface area contributed by atoms with Crippen molar-refractivity contribution in [3.63, 3.8) is 0 Å². The highest BCUT2D eigenvalue weighted by atomic mass is 32.2. The summed E-state index contributed by atoms with van der Waals surface area (Å²) in [6.45, 7) is 1.21. The largest absolute Gasteiger partial charge is 0.467 e. The molecular formula is C23H20FN3O6S. The zero-order valence-electron chi connectivity index (χ0n) is 18.0. The van der Waals surface area contributed by atoms with E-state index in [9.17, 15) is 22.4 Å². The van der Waals surface area contributed by atoms with Crippen molar-refractivity contribution >= 4 is 27.6 Å². The molecule has 9 nitrogen and oxygen atoms in total. The van der Waals surface area contributed by atoms with Gasteiger partial charge in [0.05, 0.1) is 22.4 Å². The standard InChI is InChI=1S/C23H20FN3O6S/c1-14-4-6-15(7-5-14)19-12-20(21-3-2-10-32-21)27(26-19)22(28)13-33-23(29)17-11-16(34(25,30)31)8-9-18(17)24/h2-11,20H,12-13H2,1H3,(H2,25,30,31). The lowest BCUT2D eigenvalue weighted by molar-refractivity contribution is -0.136. The van der Waals surface area contributed by atoms with Crippen molar-refractivity contribution in [1.29, 1.82) is 0 Å². The van der Waals surface area contributed by atoms with E-state index in [1.807, 2.05) is 31.2 Å². The number of nitrogens with zero attached hydrogens (tertiary/aromatic N) is 2. The Kier molecular flexibility index (Phi) is 6.31. The van der Waals surface area contributed by atoms with Crippen LogP contribution in [0.25, 0.3) is 0 Å². The molecule has 2 N–H and O–H groups in total. The molecule has 3 aromatic rings. The highest BCUT2D eigenvalue weighted by Crippen LogP contribution is 2.33. The molecule has 2 aromatic carbocycles. The van der Waals surface area contributed by atoms with Crippen LogP contribution in [0.4, 0.5) is 4.39 Å². The van der Waals surface area contributed by atoms with E-state index in [4.69, 9.17) is 14.3 Å². The number of rotatable bonds is 6. The molecule has 0 radical (unpaired) electrons. The fraction of sp³-hybridized carbons (Fsp3) is 0.174. The fourth-order valence-corrected chi connectivity index (χ4v) is 4.01. The summed E-state index contributed by atoms with van der Waals surface area (Å²) in [6, 6.07) is 12.9. The van der Waals surface area contributed by atoms with Gasteiger partial charge in [-0.15, -0.1) is 0 Å². The second-order valence-corrected chi connectivity index (χ2v) is 9.21. The molecule has 1 aliphatic heterocycles. The summed E-state index contributed by atoms with van der Waals surface area (Å²) >= 11 is 0. The van der Waals surface area contributed by atoms with E-state index >= 15 is 0 Å². The van der Waals surface area contributed by atoms with E-state index in [-0.39, 0.29) is 0 Å². The summed E-state index contributed by atoms with van der Waals surface area (Å²) < 4.78 is 47.5. The Morgan fingerprint density at radius 1 is 1.21 bits per heavy atom. The average Bonchev–Trinajstić information content (AvgIpc) is 3.47. The first kappa shape index (κ1) is 23.3. The number of benzene rings is 2. The predicted octanol–water partition coefficient (Wildman–Crippen LogP) is 2.91. The molecular weight excluding hydrogens is 465 g/mol. The Morgan fingerprint density at radius 3 is 2.59 bits per heavy atom. The van der Waals surface area contributed by atoms with Crippen molar-refractivity contribution in [3.8, 4) is 0 Å². The van der Waals surface area contributed by atoms with Crippen LogP contribution in [0.1, 0.15) is 39.7 Å². The molecule has 0 saturated carbocycles. The van der Waals surface area contributed by atoms with Crippen LogP contribution >= 0.6 is 0 Å². The number of amides is 1. The second kappa shape index (κ2) is 9.20. The van der Waals surface area contributed by atoms with Crippen molar-refractivity contribution in [3.05, 3.63) is 89.1 Å². The minimum Gasteiger partial charge on any atom is -0.467 e. The van der Waals surface area contributed by atoms with Crippen molar-refractivity contribution in [2.45, 2.75) is 24.3 Å². The summed E-state index contributed by atoms with van der Waals surface area (Å²) in [5, 5.41) is 10.6. The molecule has 0 spiro atoms. The number of carbonyl (C=O) groups is 2. The molecule has 176 valence electrons. The number of esters is 1. The van der Waals surface area contributed by atoms with E-state index in [1.54, 1.807) is 12.1 Å². The van der Waals surface area contributed by atoms with Gasteiger partial charge in [0.15, 0.2) is 6.61 Å². The van der Waals surface area contributed by atoms with Gasteiger partial charge in [-0.1, -0.05) is 29.8 Å². The lowest BCUT2D eigenvalue weighted by Crippen LogP contribution is -2.31. The Labute approximate surface area is 194 Å². The number of furan rings is 1. The van der Waals surface area contributed by atoms with Gasteiger partial charge in [0, 0.05) is 6.42 Å². The van der Waals surface area contributed by atoms with E-state index in [1.165, 1.54) is 11.3 Å². The molecule has 34 heavy (non-hydrogen) atoms. The van der Waals surface area contributed by atoms with Gasteiger partial charge in [0.25, 0.3) is 5.91 Å². The summed E-state index contributed by atoms with van der Waals surface area (Å²) in [4.78, 5) is 24.8. The zero-order chi connectivity index (χ0) is 24.5. The van der Waals surface area contributed by atoms with Crippen LogP contribution in [0, 0.1) is 12.7 Å². The van der Waals surface area contributed by atoms with Gasteiger partial charge in [-0.2, -0.15) is 5.10 Å². The van der Waals surface area contributed by atoms with Gasteiger partial charge in [-0.3, -0.25) is 4.79 Å². The van der Waals surface area contributed by atoms with Crippen molar-refractivity contribution < 1.29 is 31.6 Å². The molecule has 1 amide bonds. The molecule has 1 atom stereocenters. The zero-order valence-corrected chi connectivity index (χ0v) is 18.8. The lowest BCUT2D eigenvalue weighted by atomic mass is 10.0. The number of aryl methyl sites for hydroxylation is 1. The first-order valence-corrected chi connectivity index (χ1v) is 11.7. The van der Waals surface area contributed by atoms with Crippen LogP contribution in [0.15, 0.2) is 75.3 Å². The molecule has 0 fully saturated rings. The smallest absolute Gasteiger partial charge is 0.341 e. The maximum absolute atomic E-state index is 14.1. The molecule has 1 unspecified atom stereocenters. The SMILES string of the molecule is Cc1ccc(C2=NN(C(=O)COC(=O)c3cc(S(N)(=O)=O)ccc3F)C(c3ccco3)C2)cc1. The van der Waals surface area contributed by atoms with E-state index in [0.717, 1.165) is 29.3 Å². The predicted molar refractivity (Wildman–Crippen MR) is 119 cm³/mol. The van der Waals surface area contributed by atoms with Crippen molar-refractivity contribution in [2.75, 3.05) is 6.61 Å². The minimum atomic E-state index is -4.17. The quantitative estimate of drug-likeness (QED) is 0.534. The maximum Gasteiger partial charge on any atom is 0.341 e. The molecule has 0 saturated heterocycles. The Balaban J connectivity index is 1.53. The third-order valence-corrected chi connectivity index (χ3v) is 6.15. The number of hydrogen-bond donors (Lipinski definition) is 1. The van der Waals surface area contributed by atoms with Gasteiger partial charge < -0.3 is 9.15 Å². The normalized spacial score (nSPS) is 15.8. The van der Waals surface area contributed by atoms with Gasteiger partial charge in [0.2, 0.25) is 10.0 Å². The fourth-order valence-electron chi connectivity index (χ4n) is 3.47. The third kappa shape index (κ3) is 4.90. The van der Waals surface area contributed by atoms with Crippen LogP contribution in [-0.4, -0.2) is 37.6 Å². The van der Waals surface area contributed by atoms with E-state index in [0.29, 0.717) is 17.9 Å². The molecule has 0 bridgehead atoms. The topological polar surface area (TPSA) is 132 Å². The molecule has 2 heterocycles. The first-order valence-electron chi connectivity index (χ1n) is 10.1. The number of hydrogen-bond acceptors (Lipinski definition) is 7. The van der Waals surface area contributed by atoms with Crippen LogP contribution < -0.4 is 5.14 Å². The number of nitrogens with two attached hydrogens (primary N) is 1.